The first-order valence-corrected chi connectivity index (χ1v) is 12.8. The Labute approximate surface area is 166 Å². The summed E-state index contributed by atoms with van der Waals surface area (Å²) in [6.07, 6.45) is 10.1. The van der Waals surface area contributed by atoms with Gasteiger partial charge in [0.15, 0.2) is 0 Å². The van der Waals surface area contributed by atoms with Crippen molar-refractivity contribution in [2.45, 2.75) is 51.9 Å². The van der Waals surface area contributed by atoms with Gasteiger partial charge in [-0.2, -0.15) is 0 Å². The van der Waals surface area contributed by atoms with Crippen LogP contribution in [0.2, 0.25) is 13.1 Å². The molecule has 0 saturated heterocycles. The first kappa shape index (κ1) is 21.2. The monoisotopic (exact) mass is 378 g/mol. The summed E-state index contributed by atoms with van der Waals surface area (Å²) < 4.78 is 0. The van der Waals surface area contributed by atoms with Gasteiger partial charge in [-0.1, -0.05) is 68.2 Å². The first-order valence-electron chi connectivity index (χ1n) is 9.67. The smallest absolute Gasteiger partial charge is 0.131 e. The second-order valence-electron chi connectivity index (χ2n) is 8.59. The molecule has 2 aromatic rings. The van der Waals surface area contributed by atoms with Crippen LogP contribution in [-0.4, -0.2) is 18.8 Å². The van der Waals surface area contributed by atoms with E-state index in [0.29, 0.717) is 5.54 Å². The van der Waals surface area contributed by atoms with Crippen molar-refractivity contribution in [1.82, 2.24) is 9.97 Å². The van der Waals surface area contributed by atoms with Crippen LogP contribution in [0.3, 0.4) is 0 Å². The Morgan fingerprint density at radius 3 is 2.33 bits per heavy atom. The zero-order valence-electron chi connectivity index (χ0n) is 17.6. The molecule has 0 amide bonds. The van der Waals surface area contributed by atoms with Crippen LogP contribution in [0.25, 0.3) is 5.57 Å². The van der Waals surface area contributed by atoms with Crippen LogP contribution in [0, 0.1) is 0 Å². The lowest BCUT2D eigenvalue weighted by atomic mass is 10.0. The predicted octanol–water partition coefficient (Wildman–Crippen LogP) is 6.42. The van der Waals surface area contributed by atoms with E-state index in [1.165, 1.54) is 22.4 Å². The van der Waals surface area contributed by atoms with Gasteiger partial charge < -0.3 is 9.97 Å². The van der Waals surface area contributed by atoms with Gasteiger partial charge in [-0.3, -0.25) is 0 Å². The lowest BCUT2D eigenvalue weighted by molar-refractivity contribution is 0.509. The minimum absolute atomic E-state index is 0.147. The van der Waals surface area contributed by atoms with Gasteiger partial charge in [-0.25, -0.2) is 0 Å². The van der Waals surface area contributed by atoms with E-state index in [1.807, 2.05) is 25.3 Å². The summed E-state index contributed by atoms with van der Waals surface area (Å²) in [5.74, 6) is 0. The van der Waals surface area contributed by atoms with Crippen molar-refractivity contribution in [2.75, 3.05) is 0 Å². The van der Waals surface area contributed by atoms with Gasteiger partial charge in [-0.05, 0) is 51.0 Å². The molecule has 0 spiro atoms. The molecular weight excluding hydrogens is 344 g/mol. The number of rotatable bonds is 4. The van der Waals surface area contributed by atoms with Crippen LogP contribution >= 0.6 is 0 Å². The van der Waals surface area contributed by atoms with Crippen molar-refractivity contribution in [1.29, 1.82) is 0 Å². The van der Waals surface area contributed by atoms with E-state index in [4.69, 9.17) is 0 Å². The number of hydrogen-bond donors (Lipinski definition) is 2. The van der Waals surface area contributed by atoms with E-state index in [0.717, 1.165) is 0 Å². The Morgan fingerprint density at radius 1 is 1.11 bits per heavy atom. The van der Waals surface area contributed by atoms with Gasteiger partial charge in [0.1, 0.15) is 8.24 Å². The maximum atomic E-state index is 3.93. The van der Waals surface area contributed by atoms with Gasteiger partial charge in [-0.15, -0.1) is 0 Å². The van der Waals surface area contributed by atoms with E-state index in [2.05, 4.69) is 92.9 Å². The molecule has 1 unspecified atom stereocenters. The molecule has 0 fully saturated rings. The van der Waals surface area contributed by atoms with Crippen LogP contribution in [-0.2, 0) is 0 Å². The van der Waals surface area contributed by atoms with Crippen LogP contribution in [0.1, 0.15) is 50.1 Å². The fourth-order valence-corrected chi connectivity index (χ4v) is 7.57. The van der Waals surface area contributed by atoms with Crippen LogP contribution in [0.5, 0.6) is 0 Å². The van der Waals surface area contributed by atoms with Crippen molar-refractivity contribution < 1.29 is 0 Å². The van der Waals surface area contributed by atoms with Gasteiger partial charge in [0.05, 0.1) is 0 Å². The number of benzene rings is 1. The number of nitrogens with one attached hydrogen (secondary N) is 2. The normalized spacial score (nSPS) is 16.5. The van der Waals surface area contributed by atoms with Crippen molar-refractivity contribution in [3.8, 4) is 0 Å². The molecule has 1 atom stereocenters. The highest BCUT2D eigenvalue weighted by atomic mass is 28.3. The largest absolute Gasteiger partial charge is 0.361 e. The molecule has 0 bridgehead atoms. The maximum absolute atomic E-state index is 3.93. The summed E-state index contributed by atoms with van der Waals surface area (Å²) in [6.45, 7) is 17.1. The fraction of sp³-hybridized carbons (Fsp3) is 0.333. The summed E-state index contributed by atoms with van der Waals surface area (Å²) in [7, 11) is -1.65. The number of fused-ring (bicyclic) bond motifs is 1. The molecule has 1 heterocycles. The van der Waals surface area contributed by atoms with Crippen molar-refractivity contribution in [3.05, 3.63) is 90.3 Å². The van der Waals surface area contributed by atoms with Gasteiger partial charge in [0.2, 0.25) is 0 Å². The summed E-state index contributed by atoms with van der Waals surface area (Å²) in [5.41, 5.74) is 6.07. The first-order chi connectivity index (χ1) is 12.7. The average molecular weight is 379 g/mol. The molecule has 1 aliphatic rings. The summed E-state index contributed by atoms with van der Waals surface area (Å²) in [6, 6.07) is 13.1. The Morgan fingerprint density at radius 2 is 1.81 bits per heavy atom. The van der Waals surface area contributed by atoms with E-state index in [1.54, 1.807) is 6.08 Å². The van der Waals surface area contributed by atoms with Crippen molar-refractivity contribution in [2.24, 2.45) is 0 Å². The minimum atomic E-state index is -1.65. The summed E-state index contributed by atoms with van der Waals surface area (Å²) in [5, 5.41) is 0. The molecule has 144 valence electrons. The molecule has 27 heavy (non-hydrogen) atoms. The standard InChI is InChI=1S/C19H26N2Si.C5H8/c1-19(2,3)21-22(4,5)18-13-16(17-11-8-12-20-17)14-9-6-7-10-15(14)18;1-3-5-4-2/h6-13,18,20-21H,1-5H3;3-5H,1H2,2H3/b;5-4+. The Hall–Kier alpha value is -2.10. The average Bonchev–Trinajstić information content (AvgIpc) is 3.21. The van der Waals surface area contributed by atoms with Crippen molar-refractivity contribution >= 4 is 13.8 Å². The minimum Gasteiger partial charge on any atom is -0.361 e. The molecule has 0 saturated carbocycles. The summed E-state index contributed by atoms with van der Waals surface area (Å²) in [4.78, 5) is 7.30. The molecule has 3 heteroatoms. The molecule has 1 aromatic heterocycles. The van der Waals surface area contributed by atoms with Gasteiger partial charge >= 0.3 is 0 Å². The quantitative estimate of drug-likeness (QED) is 0.466. The highest BCUT2D eigenvalue weighted by Crippen LogP contribution is 2.42. The SMILES string of the molecule is C=C/C=C/C.CC(C)(C)N[Si](C)(C)C1C=C(c2ccc[nH]2)c2ccccc21. The van der Waals surface area contributed by atoms with E-state index in [9.17, 15) is 0 Å². The molecular formula is C24H34N2Si. The number of aromatic amines is 1. The van der Waals surface area contributed by atoms with E-state index in [-0.39, 0.29) is 5.54 Å². The molecule has 1 aliphatic carbocycles. The maximum Gasteiger partial charge on any atom is 0.131 e. The second-order valence-corrected chi connectivity index (χ2v) is 12.9. The van der Waals surface area contributed by atoms with Crippen LogP contribution in [0.15, 0.2) is 73.5 Å². The fourth-order valence-electron chi connectivity index (χ4n) is 3.87. The third-order valence-corrected chi connectivity index (χ3v) is 8.04. The molecule has 2 nitrogen and oxygen atoms in total. The molecule has 2 N–H and O–H groups in total. The number of aromatic nitrogens is 1. The lowest BCUT2D eigenvalue weighted by Crippen LogP contribution is -2.57. The highest BCUT2D eigenvalue weighted by molar-refractivity contribution is 6.77. The third kappa shape index (κ3) is 5.44. The molecule has 0 radical (unpaired) electrons. The zero-order chi connectivity index (χ0) is 20.1. The molecule has 3 rings (SSSR count). The number of H-pyrrole nitrogens is 1. The predicted molar refractivity (Wildman–Crippen MR) is 122 cm³/mol. The van der Waals surface area contributed by atoms with Crippen LogP contribution in [0.4, 0.5) is 0 Å². The second kappa shape index (κ2) is 8.72. The van der Waals surface area contributed by atoms with Gasteiger partial charge in [0, 0.05) is 28.5 Å². The van der Waals surface area contributed by atoms with Gasteiger partial charge in [0.25, 0.3) is 0 Å². The van der Waals surface area contributed by atoms with Crippen molar-refractivity contribution in [3.63, 3.8) is 0 Å². The Balaban J connectivity index is 0.000000465. The number of allylic oxidation sites excluding steroid dienone is 4. The zero-order valence-corrected chi connectivity index (χ0v) is 18.6. The third-order valence-electron chi connectivity index (χ3n) is 4.61. The highest BCUT2D eigenvalue weighted by Gasteiger charge is 2.39. The molecule has 0 aliphatic heterocycles. The van der Waals surface area contributed by atoms with E-state index < -0.39 is 8.24 Å². The van der Waals surface area contributed by atoms with E-state index >= 15 is 0 Å². The lowest BCUT2D eigenvalue weighted by Gasteiger charge is -2.37. The Bertz CT molecular complexity index is 805. The number of hydrogen-bond acceptors (Lipinski definition) is 1. The molecule has 1 aromatic carbocycles. The van der Waals surface area contributed by atoms with Crippen LogP contribution < -0.4 is 4.98 Å². The Kier molecular flexibility index (Phi) is 6.85. The topological polar surface area (TPSA) is 27.8 Å². The summed E-state index contributed by atoms with van der Waals surface area (Å²) >= 11 is 0.